The fraction of sp³-hybridized carbons (Fsp3) is 0.500. The summed E-state index contributed by atoms with van der Waals surface area (Å²) in [6.07, 6.45) is 2.29. The second-order valence-corrected chi connectivity index (χ2v) is 23.2. The number of phenolic OH excluding ortho intramolecular Hbond substituents is 1. The summed E-state index contributed by atoms with van der Waals surface area (Å²) in [6.45, 7) is 12.1. The number of aliphatic hydroxyl groups excluding tert-OH is 1. The summed E-state index contributed by atoms with van der Waals surface area (Å²) in [5.74, 6) is -10.6. The number of aromatic hydroxyl groups is 1. The summed E-state index contributed by atoms with van der Waals surface area (Å²) in [5, 5.41) is 54.3. The van der Waals surface area contributed by atoms with Gasteiger partial charge in [-0.15, -0.1) is 0 Å². The monoisotopic (exact) mass is 1240 g/mol. The quantitative estimate of drug-likeness (QED) is 0.0159. The molecule has 0 radical (unpaired) electrons. The van der Waals surface area contributed by atoms with Crippen LogP contribution in [-0.2, 0) is 67.2 Å². The normalized spacial score (nSPS) is 14.7. The number of aliphatic carboxylic acids is 1. The topological polar surface area (TPSA) is 446 Å². The molecule has 0 aliphatic rings. The van der Waals surface area contributed by atoms with E-state index in [1.165, 1.54) is 12.1 Å². The zero-order valence-corrected chi connectivity index (χ0v) is 51.8. The van der Waals surface area contributed by atoms with Gasteiger partial charge in [-0.3, -0.25) is 48.1 Å². The van der Waals surface area contributed by atoms with E-state index in [2.05, 4.69) is 57.8 Å². The minimum Gasteiger partial charge on any atom is -0.508 e. The van der Waals surface area contributed by atoms with Gasteiger partial charge in [0.25, 0.3) is 0 Å². The Bertz CT molecular complexity index is 3060. The second-order valence-electron chi connectivity index (χ2n) is 23.2. The number of aliphatic imine (C=N–C) groups is 1. The summed E-state index contributed by atoms with van der Waals surface area (Å²) < 4.78 is 0. The number of carbonyl (C=O) groups excluding carboxylic acids is 9. The van der Waals surface area contributed by atoms with Crippen LogP contribution in [0.5, 0.6) is 5.75 Å². The predicted molar refractivity (Wildman–Crippen MR) is 334 cm³/mol. The molecule has 0 aliphatic heterocycles. The van der Waals surface area contributed by atoms with Crippen molar-refractivity contribution in [3.63, 3.8) is 0 Å². The molecular weight excluding hydrogens is 1150 g/mol. The van der Waals surface area contributed by atoms with E-state index >= 15 is 0 Å². The highest BCUT2D eigenvalue weighted by molar-refractivity contribution is 5.98. The molecule has 0 aliphatic carbocycles. The van der Waals surface area contributed by atoms with Gasteiger partial charge < -0.3 is 85.4 Å². The largest absolute Gasteiger partial charge is 0.508 e. The van der Waals surface area contributed by atoms with E-state index in [1.54, 1.807) is 96.3 Å². The number of aromatic nitrogens is 1. The molecule has 4 aromatic rings. The number of carboxylic acids is 1. The minimum absolute atomic E-state index is 0.0274. The van der Waals surface area contributed by atoms with Crippen molar-refractivity contribution in [2.24, 2.45) is 45.9 Å². The Morgan fingerprint density at radius 2 is 1.08 bits per heavy atom. The number of guanidine groups is 1. The van der Waals surface area contributed by atoms with Crippen molar-refractivity contribution in [1.82, 2.24) is 52.8 Å². The number of rotatable bonds is 36. The SMILES string of the molecule is CC[C@H](C)[C@H](NC(=O)[C@H](Cc1c[nH]c2ccccc12)NC(=O)[C@@H](NC(=O)CNC(=O)[C@H](Cc1ccccc1)NC(=O)[C@H](CO)NC(=O)[C@@H](NC(=O)[C@H](CC(C)C)NC(=O)[C@@H](N)Cc1ccc(O)cc1)C(C)C)C(C)C)C(=O)N[C@@H](CCCN=C(N)N)C(=O)O. The third kappa shape index (κ3) is 23.5. The fourth-order valence-electron chi connectivity index (χ4n) is 9.56. The van der Waals surface area contributed by atoms with Gasteiger partial charge in [-0.05, 0) is 84.2 Å². The lowest BCUT2D eigenvalue weighted by Crippen LogP contribution is -2.61. The van der Waals surface area contributed by atoms with Crippen LogP contribution in [0.2, 0.25) is 0 Å². The van der Waals surface area contributed by atoms with E-state index < -0.39 is 144 Å². The Labute approximate surface area is 518 Å². The number of fused-ring (bicyclic) bond motifs is 1. The van der Waals surface area contributed by atoms with Crippen LogP contribution in [0.1, 0.15) is 97.8 Å². The zero-order chi connectivity index (χ0) is 66.1. The van der Waals surface area contributed by atoms with Gasteiger partial charge in [0.2, 0.25) is 53.2 Å². The predicted octanol–water partition coefficient (Wildman–Crippen LogP) is -0.242. The average molecular weight is 1240 g/mol. The maximum Gasteiger partial charge on any atom is 0.326 e. The van der Waals surface area contributed by atoms with Crippen LogP contribution in [-0.4, -0.2) is 159 Å². The number of hydrogen-bond donors (Lipinski definition) is 16. The molecule has 0 unspecified atom stereocenters. The van der Waals surface area contributed by atoms with Crippen LogP contribution in [0, 0.1) is 23.7 Å². The smallest absolute Gasteiger partial charge is 0.326 e. The number of carbonyl (C=O) groups is 10. The number of para-hydroxylation sites is 1. The van der Waals surface area contributed by atoms with E-state index in [0.717, 1.165) is 10.9 Å². The molecule has 10 atom stereocenters. The van der Waals surface area contributed by atoms with E-state index in [1.807, 2.05) is 32.0 Å². The van der Waals surface area contributed by atoms with Crippen molar-refractivity contribution in [2.45, 2.75) is 155 Å². The maximum atomic E-state index is 14.5. The van der Waals surface area contributed by atoms with Crippen molar-refractivity contribution in [2.75, 3.05) is 19.7 Å². The molecule has 1 heterocycles. The van der Waals surface area contributed by atoms with E-state index in [4.69, 9.17) is 17.2 Å². The number of phenols is 1. The van der Waals surface area contributed by atoms with Crippen LogP contribution in [0.4, 0.5) is 0 Å². The molecule has 0 bridgehead atoms. The Morgan fingerprint density at radius 1 is 0.562 bits per heavy atom. The van der Waals surface area contributed by atoms with Gasteiger partial charge in [-0.1, -0.05) is 122 Å². The van der Waals surface area contributed by atoms with Crippen LogP contribution in [0.15, 0.2) is 90.1 Å². The third-order valence-corrected chi connectivity index (χ3v) is 14.8. The standard InChI is InChI=1S/C62H90N14O13/c1-9-36(8)52(60(87)69-44(61(88)89)20-15-25-66-62(64)65)76-56(83)47(29-39-30-67-43-19-14-13-18-41(39)43)72-58(85)50(34(4)5)74-49(79)31-68-54(81)46(28-37-16-11-10-12-17-37)71-57(84)48(32-77)73-59(86)51(35(6)7)75-55(82)45(26-33(2)3)70-53(80)42(63)27-38-21-23-40(78)24-22-38/h10-14,16-19,21-24,30,33-36,42,44-48,50-52,67,77-78H,9,15,20,25-29,31-32,63H2,1-8H3,(H,68,81)(H,69,87)(H,70,80)(H,71,84)(H,72,85)(H,73,86)(H,74,79)(H,75,82)(H,76,83)(H,88,89)(H4,64,65,66)/t36-,42-,44-,45-,46-,47-,48-,50-,51-,52-/m0/s1. The van der Waals surface area contributed by atoms with E-state index in [0.29, 0.717) is 23.1 Å². The van der Waals surface area contributed by atoms with Gasteiger partial charge in [0.15, 0.2) is 5.96 Å². The Hall–Kier alpha value is -9.11. The number of nitrogens with one attached hydrogen (secondary N) is 10. The third-order valence-electron chi connectivity index (χ3n) is 14.8. The first-order valence-electron chi connectivity index (χ1n) is 29.8. The molecule has 3 aromatic carbocycles. The van der Waals surface area contributed by atoms with Gasteiger partial charge in [0, 0.05) is 36.5 Å². The first-order chi connectivity index (χ1) is 42.1. The first kappa shape index (κ1) is 72.4. The van der Waals surface area contributed by atoms with Gasteiger partial charge in [0.1, 0.15) is 54.1 Å². The van der Waals surface area contributed by atoms with Crippen molar-refractivity contribution in [3.8, 4) is 5.75 Å². The Balaban J connectivity index is 1.49. The molecule has 4 rings (SSSR count). The number of H-pyrrole nitrogens is 1. The molecular formula is C62H90N14O13. The zero-order valence-electron chi connectivity index (χ0n) is 51.8. The van der Waals surface area contributed by atoms with E-state index in [-0.39, 0.29) is 62.7 Å². The molecule has 27 nitrogen and oxygen atoms in total. The van der Waals surface area contributed by atoms with Crippen LogP contribution in [0.25, 0.3) is 10.9 Å². The summed E-state index contributed by atoms with van der Waals surface area (Å²) >= 11 is 0. The molecule has 1 aromatic heterocycles. The highest BCUT2D eigenvalue weighted by Gasteiger charge is 2.37. The molecule has 9 amide bonds. The highest BCUT2D eigenvalue weighted by atomic mass is 16.4. The van der Waals surface area contributed by atoms with Gasteiger partial charge >= 0.3 is 5.97 Å². The summed E-state index contributed by atoms with van der Waals surface area (Å²) in [6, 6.07) is 10.1. The number of aromatic amines is 1. The number of aliphatic hydroxyl groups is 1. The van der Waals surface area contributed by atoms with Gasteiger partial charge in [-0.2, -0.15) is 0 Å². The fourth-order valence-corrected chi connectivity index (χ4v) is 9.56. The van der Waals surface area contributed by atoms with Crippen molar-refractivity contribution >= 4 is 76.0 Å². The number of benzene rings is 3. The number of nitrogens with zero attached hydrogens (tertiary/aromatic N) is 1. The van der Waals surface area contributed by atoms with Crippen molar-refractivity contribution in [3.05, 3.63) is 102 Å². The molecule has 486 valence electrons. The van der Waals surface area contributed by atoms with Gasteiger partial charge in [-0.25, -0.2) is 4.79 Å². The summed E-state index contributed by atoms with van der Waals surface area (Å²) in [5.41, 5.74) is 19.6. The van der Waals surface area contributed by atoms with Crippen LogP contribution in [0.3, 0.4) is 0 Å². The minimum atomic E-state index is -1.66. The Morgan fingerprint density at radius 3 is 1.67 bits per heavy atom. The molecule has 0 saturated heterocycles. The summed E-state index contributed by atoms with van der Waals surface area (Å²) in [4.78, 5) is 145. The molecule has 0 fully saturated rings. The van der Waals surface area contributed by atoms with Crippen molar-refractivity contribution < 1.29 is 63.3 Å². The lowest BCUT2D eigenvalue weighted by Gasteiger charge is -2.29. The number of amides is 9. The van der Waals surface area contributed by atoms with Crippen LogP contribution >= 0.6 is 0 Å². The highest BCUT2D eigenvalue weighted by Crippen LogP contribution is 2.21. The maximum absolute atomic E-state index is 14.5. The number of hydrogen-bond acceptors (Lipinski definition) is 14. The first-order valence-corrected chi connectivity index (χ1v) is 29.8. The lowest BCUT2D eigenvalue weighted by molar-refractivity contribution is -0.143. The van der Waals surface area contributed by atoms with Gasteiger partial charge in [0.05, 0.1) is 19.2 Å². The average Bonchev–Trinajstić information content (AvgIpc) is 3.46. The molecule has 0 spiro atoms. The molecule has 89 heavy (non-hydrogen) atoms. The second kappa shape index (κ2) is 35.6. The molecule has 27 heteroatoms. The van der Waals surface area contributed by atoms with Crippen LogP contribution < -0.4 is 65.1 Å². The number of nitrogens with two attached hydrogens (primary N) is 3. The molecule has 19 N–H and O–H groups in total. The van der Waals surface area contributed by atoms with E-state index in [9.17, 15) is 63.3 Å². The molecule has 0 saturated carbocycles. The Kier molecular flexibility index (Phi) is 29.0. The van der Waals surface area contributed by atoms with Crippen molar-refractivity contribution in [1.29, 1.82) is 0 Å². The summed E-state index contributed by atoms with van der Waals surface area (Å²) in [7, 11) is 0. The number of carboxylic acid groups (broad SMARTS) is 1. The lowest BCUT2D eigenvalue weighted by atomic mass is 9.96.